The lowest BCUT2D eigenvalue weighted by atomic mass is 10.1. The summed E-state index contributed by atoms with van der Waals surface area (Å²) >= 11 is 0. The van der Waals surface area contributed by atoms with Crippen molar-refractivity contribution in [3.63, 3.8) is 0 Å². The van der Waals surface area contributed by atoms with E-state index >= 15 is 0 Å². The normalized spacial score (nSPS) is 9.14. The monoisotopic (exact) mass is 190 g/mol. The van der Waals surface area contributed by atoms with Gasteiger partial charge in [0.1, 0.15) is 6.07 Å². The standard InChI is InChI=1S/C10H10N2O2/c1-2-14-10(13)8-5-3-4-7(6-11)9(8)12/h3-5H,2,12H2,1H3. The van der Waals surface area contributed by atoms with Crippen molar-refractivity contribution in [2.45, 2.75) is 6.92 Å². The summed E-state index contributed by atoms with van der Waals surface area (Å²) < 4.78 is 4.78. The summed E-state index contributed by atoms with van der Waals surface area (Å²) in [5.41, 5.74) is 6.31. The van der Waals surface area contributed by atoms with Gasteiger partial charge in [-0.3, -0.25) is 0 Å². The molecule has 72 valence electrons. The summed E-state index contributed by atoms with van der Waals surface area (Å²) in [4.78, 5) is 11.3. The molecular weight excluding hydrogens is 180 g/mol. The third-order valence-electron chi connectivity index (χ3n) is 1.72. The fourth-order valence-corrected chi connectivity index (χ4v) is 1.05. The lowest BCUT2D eigenvalue weighted by Gasteiger charge is -2.05. The fraction of sp³-hybridized carbons (Fsp3) is 0.200. The summed E-state index contributed by atoms with van der Waals surface area (Å²) in [6.45, 7) is 2.00. The molecule has 0 aromatic heterocycles. The average molecular weight is 190 g/mol. The summed E-state index contributed by atoms with van der Waals surface area (Å²) in [7, 11) is 0. The van der Waals surface area contributed by atoms with E-state index in [0.29, 0.717) is 0 Å². The minimum atomic E-state index is -0.498. The molecule has 0 atom stereocenters. The second-order valence-corrected chi connectivity index (χ2v) is 2.60. The first-order valence-corrected chi connectivity index (χ1v) is 4.16. The van der Waals surface area contributed by atoms with Crippen LogP contribution in [0.25, 0.3) is 0 Å². The number of esters is 1. The lowest BCUT2D eigenvalue weighted by Crippen LogP contribution is -2.08. The number of nitriles is 1. The maximum Gasteiger partial charge on any atom is 0.340 e. The molecule has 0 amide bonds. The molecule has 0 unspecified atom stereocenters. The van der Waals surface area contributed by atoms with Gasteiger partial charge in [-0.15, -0.1) is 0 Å². The second-order valence-electron chi connectivity index (χ2n) is 2.60. The van der Waals surface area contributed by atoms with E-state index in [0.717, 1.165) is 0 Å². The molecule has 4 nitrogen and oxygen atoms in total. The molecule has 14 heavy (non-hydrogen) atoms. The van der Waals surface area contributed by atoms with E-state index in [9.17, 15) is 4.79 Å². The predicted octanol–water partition coefficient (Wildman–Crippen LogP) is 1.32. The van der Waals surface area contributed by atoms with Crippen molar-refractivity contribution in [3.8, 4) is 6.07 Å². The molecule has 0 spiro atoms. The highest BCUT2D eigenvalue weighted by Gasteiger charge is 2.12. The predicted molar refractivity (Wildman–Crippen MR) is 51.5 cm³/mol. The van der Waals surface area contributed by atoms with Gasteiger partial charge in [0.25, 0.3) is 0 Å². The van der Waals surface area contributed by atoms with Gasteiger partial charge in [-0.05, 0) is 19.1 Å². The van der Waals surface area contributed by atoms with Crippen LogP contribution >= 0.6 is 0 Å². The third-order valence-corrected chi connectivity index (χ3v) is 1.72. The van der Waals surface area contributed by atoms with E-state index in [4.69, 9.17) is 15.7 Å². The van der Waals surface area contributed by atoms with E-state index in [1.54, 1.807) is 19.1 Å². The number of carbonyl (C=O) groups excluding carboxylic acids is 1. The molecule has 2 N–H and O–H groups in total. The highest BCUT2D eigenvalue weighted by Crippen LogP contribution is 2.17. The first kappa shape index (κ1) is 10.1. The molecule has 4 heteroatoms. The van der Waals surface area contributed by atoms with Gasteiger partial charge in [-0.25, -0.2) is 4.79 Å². The van der Waals surface area contributed by atoms with Crippen molar-refractivity contribution in [1.29, 1.82) is 5.26 Å². The SMILES string of the molecule is CCOC(=O)c1cccc(C#N)c1N. The molecule has 0 aliphatic heterocycles. The third kappa shape index (κ3) is 1.83. The molecule has 1 aromatic carbocycles. The Morgan fingerprint density at radius 3 is 2.93 bits per heavy atom. The van der Waals surface area contributed by atoms with Gasteiger partial charge in [-0.1, -0.05) is 6.07 Å². The van der Waals surface area contributed by atoms with Gasteiger partial charge in [0.05, 0.1) is 23.4 Å². The summed E-state index contributed by atoms with van der Waals surface area (Å²) in [5.74, 6) is -0.498. The Morgan fingerprint density at radius 2 is 2.36 bits per heavy atom. The number of rotatable bonds is 2. The topological polar surface area (TPSA) is 76.1 Å². The van der Waals surface area contributed by atoms with Crippen LogP contribution in [0.5, 0.6) is 0 Å². The van der Waals surface area contributed by atoms with Crippen LogP contribution in [0.1, 0.15) is 22.8 Å². The summed E-state index contributed by atoms with van der Waals surface area (Å²) in [6, 6.07) is 6.59. The van der Waals surface area contributed by atoms with E-state index in [2.05, 4.69) is 0 Å². The van der Waals surface area contributed by atoms with Gasteiger partial charge >= 0.3 is 5.97 Å². The second kappa shape index (κ2) is 4.28. The van der Waals surface area contributed by atoms with Crippen molar-refractivity contribution in [1.82, 2.24) is 0 Å². The number of ether oxygens (including phenoxy) is 1. The maximum atomic E-state index is 11.3. The van der Waals surface area contributed by atoms with Crippen LogP contribution in [0.15, 0.2) is 18.2 Å². The molecule has 1 rings (SSSR count). The Bertz CT molecular complexity index is 394. The first-order valence-electron chi connectivity index (χ1n) is 4.16. The molecule has 0 radical (unpaired) electrons. The Kier molecular flexibility index (Phi) is 3.08. The molecule has 0 aliphatic rings. The van der Waals surface area contributed by atoms with Crippen LogP contribution in [-0.4, -0.2) is 12.6 Å². The zero-order valence-electron chi connectivity index (χ0n) is 7.78. The van der Waals surface area contributed by atoms with Crippen LogP contribution in [0.3, 0.4) is 0 Å². The zero-order chi connectivity index (χ0) is 10.6. The molecule has 0 bridgehead atoms. The number of carbonyl (C=O) groups is 1. The molecular formula is C10H10N2O2. The van der Waals surface area contributed by atoms with E-state index < -0.39 is 5.97 Å². The summed E-state index contributed by atoms with van der Waals surface area (Å²) in [5, 5.41) is 8.67. The van der Waals surface area contributed by atoms with Gasteiger partial charge in [0.2, 0.25) is 0 Å². The lowest BCUT2D eigenvalue weighted by molar-refractivity contribution is 0.0527. The molecule has 1 aromatic rings. The van der Waals surface area contributed by atoms with Crippen molar-refractivity contribution in [3.05, 3.63) is 29.3 Å². The number of hydrogen-bond acceptors (Lipinski definition) is 4. The Hall–Kier alpha value is -2.02. The Labute approximate surface area is 81.9 Å². The van der Waals surface area contributed by atoms with E-state index in [1.807, 2.05) is 6.07 Å². The number of anilines is 1. The fourth-order valence-electron chi connectivity index (χ4n) is 1.05. The summed E-state index contributed by atoms with van der Waals surface area (Å²) in [6.07, 6.45) is 0. The highest BCUT2D eigenvalue weighted by molar-refractivity contribution is 5.96. The van der Waals surface area contributed by atoms with Gasteiger partial charge in [0.15, 0.2) is 0 Å². The number of nitrogens with zero attached hydrogens (tertiary/aromatic N) is 1. The van der Waals surface area contributed by atoms with Gasteiger partial charge in [-0.2, -0.15) is 5.26 Å². The molecule has 0 aliphatic carbocycles. The van der Waals surface area contributed by atoms with Gasteiger partial charge < -0.3 is 10.5 Å². The minimum Gasteiger partial charge on any atom is -0.462 e. The van der Waals surface area contributed by atoms with Gasteiger partial charge in [0, 0.05) is 0 Å². The van der Waals surface area contributed by atoms with Crippen LogP contribution < -0.4 is 5.73 Å². The van der Waals surface area contributed by atoms with Crippen molar-refractivity contribution < 1.29 is 9.53 Å². The largest absolute Gasteiger partial charge is 0.462 e. The Balaban J connectivity index is 3.11. The smallest absolute Gasteiger partial charge is 0.340 e. The average Bonchev–Trinajstić information content (AvgIpc) is 2.18. The van der Waals surface area contributed by atoms with Crippen LogP contribution in [0, 0.1) is 11.3 Å². The van der Waals surface area contributed by atoms with Crippen LogP contribution in [0.4, 0.5) is 5.69 Å². The van der Waals surface area contributed by atoms with Crippen molar-refractivity contribution in [2.75, 3.05) is 12.3 Å². The minimum absolute atomic E-state index is 0.174. The molecule has 0 fully saturated rings. The van der Waals surface area contributed by atoms with Crippen LogP contribution in [0.2, 0.25) is 0 Å². The zero-order valence-corrected chi connectivity index (χ0v) is 7.78. The highest BCUT2D eigenvalue weighted by atomic mass is 16.5. The number of nitrogen functional groups attached to an aromatic ring is 1. The number of hydrogen-bond donors (Lipinski definition) is 1. The van der Waals surface area contributed by atoms with E-state index in [1.165, 1.54) is 6.07 Å². The molecule has 0 saturated heterocycles. The van der Waals surface area contributed by atoms with E-state index in [-0.39, 0.29) is 23.4 Å². The van der Waals surface area contributed by atoms with Crippen molar-refractivity contribution in [2.24, 2.45) is 0 Å². The number of nitrogens with two attached hydrogens (primary N) is 1. The quantitative estimate of drug-likeness (QED) is 0.563. The molecule has 0 heterocycles. The first-order chi connectivity index (χ1) is 6.70. The number of benzene rings is 1. The Morgan fingerprint density at radius 1 is 1.64 bits per heavy atom. The molecule has 0 saturated carbocycles. The number of para-hydroxylation sites is 1. The van der Waals surface area contributed by atoms with Crippen LogP contribution in [-0.2, 0) is 4.74 Å². The van der Waals surface area contributed by atoms with Crippen molar-refractivity contribution >= 4 is 11.7 Å². The maximum absolute atomic E-state index is 11.3.